The Bertz CT molecular complexity index is 389. The molecule has 0 spiro atoms. The zero-order valence-electron chi connectivity index (χ0n) is 22.4. The number of unbranched alkanes of at least 4 members (excludes halogenated alkanes) is 13. The van der Waals surface area contributed by atoms with Crippen LogP contribution in [0.3, 0.4) is 0 Å². The molecule has 32 heavy (non-hydrogen) atoms. The zero-order valence-corrected chi connectivity index (χ0v) is 22.4. The summed E-state index contributed by atoms with van der Waals surface area (Å²) >= 11 is 0. The van der Waals surface area contributed by atoms with Gasteiger partial charge in [0.25, 0.3) is 0 Å². The molecule has 2 fully saturated rings. The molecule has 0 bridgehead atoms. The fourth-order valence-electron chi connectivity index (χ4n) is 6.55. The van der Waals surface area contributed by atoms with Crippen molar-refractivity contribution >= 4 is 0 Å². The Morgan fingerprint density at radius 2 is 0.906 bits per heavy atom. The Balaban J connectivity index is 1.41. The summed E-state index contributed by atoms with van der Waals surface area (Å²) in [5.41, 5.74) is 0. The summed E-state index contributed by atoms with van der Waals surface area (Å²) in [4.78, 5) is 0. The molecule has 2 saturated carbocycles. The van der Waals surface area contributed by atoms with Gasteiger partial charge in [-0.1, -0.05) is 123 Å². The summed E-state index contributed by atoms with van der Waals surface area (Å²) in [6.45, 7) is 5.64. The highest BCUT2D eigenvalue weighted by atomic mass is 16.5. The zero-order chi connectivity index (χ0) is 22.7. The lowest BCUT2D eigenvalue weighted by atomic mass is 9.70. The molecule has 2 aliphatic carbocycles. The van der Waals surface area contributed by atoms with Crippen LogP contribution < -0.4 is 0 Å². The first-order valence-electron chi connectivity index (χ1n) is 15.4. The van der Waals surface area contributed by atoms with Gasteiger partial charge in [-0.3, -0.25) is 0 Å². The SMILES string of the molecule is CCCCCCCCCCO[C@H]1CC[C@H](C2CCC(CCCCCCCCC)CC2)CC1. The molecule has 0 atom stereocenters. The van der Waals surface area contributed by atoms with Crippen LogP contribution in [-0.2, 0) is 4.74 Å². The molecule has 190 valence electrons. The summed E-state index contributed by atoms with van der Waals surface area (Å²) in [6, 6.07) is 0. The molecule has 0 aromatic rings. The largest absolute Gasteiger partial charge is 0.378 e. The Labute approximate surface area is 203 Å². The van der Waals surface area contributed by atoms with Gasteiger partial charge in [-0.25, -0.2) is 0 Å². The van der Waals surface area contributed by atoms with Crippen LogP contribution in [0.15, 0.2) is 0 Å². The second-order valence-electron chi connectivity index (χ2n) is 11.6. The van der Waals surface area contributed by atoms with Crippen LogP contribution in [0.4, 0.5) is 0 Å². The Morgan fingerprint density at radius 3 is 1.44 bits per heavy atom. The van der Waals surface area contributed by atoms with E-state index in [0.717, 1.165) is 24.4 Å². The second-order valence-corrected chi connectivity index (χ2v) is 11.6. The van der Waals surface area contributed by atoms with E-state index >= 15 is 0 Å². The van der Waals surface area contributed by atoms with Crippen molar-refractivity contribution in [2.24, 2.45) is 17.8 Å². The monoisotopic (exact) mass is 448 g/mol. The Kier molecular flexibility index (Phi) is 17.0. The predicted molar refractivity (Wildman–Crippen MR) is 142 cm³/mol. The molecule has 0 unspecified atom stereocenters. The maximum absolute atomic E-state index is 6.27. The third kappa shape index (κ3) is 13.0. The first kappa shape index (κ1) is 28.2. The third-order valence-corrected chi connectivity index (χ3v) is 8.84. The lowest BCUT2D eigenvalue weighted by Gasteiger charge is -2.38. The molecule has 0 aromatic heterocycles. The molecule has 1 nitrogen and oxygen atoms in total. The average Bonchev–Trinajstić information content (AvgIpc) is 2.83. The summed E-state index contributed by atoms with van der Waals surface area (Å²) in [7, 11) is 0. The normalized spacial score (nSPS) is 26.4. The molecule has 0 aliphatic heterocycles. The van der Waals surface area contributed by atoms with Crippen molar-refractivity contribution in [3.8, 4) is 0 Å². The van der Waals surface area contributed by atoms with Gasteiger partial charge in [0.15, 0.2) is 0 Å². The molecule has 0 radical (unpaired) electrons. The van der Waals surface area contributed by atoms with Crippen molar-refractivity contribution in [1.82, 2.24) is 0 Å². The van der Waals surface area contributed by atoms with E-state index in [0.29, 0.717) is 6.10 Å². The Hall–Kier alpha value is -0.0400. The van der Waals surface area contributed by atoms with Crippen molar-refractivity contribution in [1.29, 1.82) is 0 Å². The van der Waals surface area contributed by atoms with E-state index in [-0.39, 0.29) is 0 Å². The highest BCUT2D eigenvalue weighted by Gasteiger charge is 2.30. The lowest BCUT2D eigenvalue weighted by molar-refractivity contribution is 0.00526. The van der Waals surface area contributed by atoms with E-state index in [4.69, 9.17) is 4.74 Å². The van der Waals surface area contributed by atoms with E-state index < -0.39 is 0 Å². The van der Waals surface area contributed by atoms with Crippen molar-refractivity contribution < 1.29 is 4.74 Å². The average molecular weight is 449 g/mol. The van der Waals surface area contributed by atoms with Crippen LogP contribution in [0.25, 0.3) is 0 Å². The summed E-state index contributed by atoms with van der Waals surface area (Å²) < 4.78 is 6.27. The smallest absolute Gasteiger partial charge is 0.0575 e. The minimum atomic E-state index is 0.587. The molecule has 2 rings (SSSR count). The molecular formula is C31H60O. The fraction of sp³-hybridized carbons (Fsp3) is 1.00. The van der Waals surface area contributed by atoms with Crippen LogP contribution in [-0.4, -0.2) is 12.7 Å². The van der Waals surface area contributed by atoms with Gasteiger partial charge in [-0.05, 0) is 62.7 Å². The van der Waals surface area contributed by atoms with E-state index in [2.05, 4.69) is 13.8 Å². The number of rotatable bonds is 19. The Morgan fingerprint density at radius 1 is 0.469 bits per heavy atom. The topological polar surface area (TPSA) is 9.23 Å². The minimum absolute atomic E-state index is 0.587. The van der Waals surface area contributed by atoms with Crippen LogP contribution >= 0.6 is 0 Å². The highest BCUT2D eigenvalue weighted by molar-refractivity contribution is 4.82. The van der Waals surface area contributed by atoms with Gasteiger partial charge in [0.2, 0.25) is 0 Å². The maximum Gasteiger partial charge on any atom is 0.0575 e. The van der Waals surface area contributed by atoms with Crippen molar-refractivity contribution in [2.75, 3.05) is 6.61 Å². The van der Waals surface area contributed by atoms with Crippen LogP contribution in [0.2, 0.25) is 0 Å². The molecule has 0 N–H and O–H groups in total. The first-order chi connectivity index (χ1) is 15.8. The number of hydrogen-bond donors (Lipinski definition) is 0. The highest BCUT2D eigenvalue weighted by Crippen LogP contribution is 2.41. The van der Waals surface area contributed by atoms with Gasteiger partial charge in [0.05, 0.1) is 6.10 Å². The number of hydrogen-bond acceptors (Lipinski definition) is 1. The second kappa shape index (κ2) is 19.3. The van der Waals surface area contributed by atoms with Gasteiger partial charge in [0.1, 0.15) is 0 Å². The number of ether oxygens (including phenoxy) is 1. The van der Waals surface area contributed by atoms with Gasteiger partial charge in [-0.2, -0.15) is 0 Å². The van der Waals surface area contributed by atoms with Gasteiger partial charge in [-0.15, -0.1) is 0 Å². The minimum Gasteiger partial charge on any atom is -0.378 e. The van der Waals surface area contributed by atoms with Crippen LogP contribution in [0.5, 0.6) is 0 Å². The standard InChI is InChI=1S/C31H60O/c1-3-5-7-9-11-13-15-17-27-32-31-25-23-30(24-26-31)29-21-19-28(20-22-29)18-16-14-12-10-8-6-4-2/h28-31H,3-27H2,1-2H3/t28?,29?,30-,31-. The van der Waals surface area contributed by atoms with Crippen molar-refractivity contribution in [3.05, 3.63) is 0 Å². The lowest BCUT2D eigenvalue weighted by Crippen LogP contribution is -2.28. The van der Waals surface area contributed by atoms with Gasteiger partial charge >= 0.3 is 0 Å². The maximum atomic E-state index is 6.27. The van der Waals surface area contributed by atoms with Gasteiger partial charge in [0, 0.05) is 6.61 Å². The van der Waals surface area contributed by atoms with Crippen LogP contribution in [0, 0.1) is 17.8 Å². The molecule has 0 amide bonds. The van der Waals surface area contributed by atoms with E-state index in [1.165, 1.54) is 154 Å². The van der Waals surface area contributed by atoms with E-state index in [1.54, 1.807) is 0 Å². The van der Waals surface area contributed by atoms with Crippen molar-refractivity contribution in [2.45, 2.75) is 174 Å². The quantitative estimate of drug-likeness (QED) is 0.178. The summed E-state index contributed by atoms with van der Waals surface area (Å²) in [5, 5.41) is 0. The molecule has 0 heterocycles. The molecule has 0 aromatic carbocycles. The van der Waals surface area contributed by atoms with Gasteiger partial charge < -0.3 is 4.74 Å². The van der Waals surface area contributed by atoms with E-state index in [1.807, 2.05) is 0 Å². The van der Waals surface area contributed by atoms with E-state index in [9.17, 15) is 0 Å². The molecule has 2 aliphatic rings. The summed E-state index contributed by atoms with van der Waals surface area (Å²) in [5.74, 6) is 3.14. The van der Waals surface area contributed by atoms with Crippen LogP contribution in [0.1, 0.15) is 168 Å². The predicted octanol–water partition coefficient (Wildman–Crippen LogP) is 10.6. The first-order valence-corrected chi connectivity index (χ1v) is 15.4. The van der Waals surface area contributed by atoms with Crippen molar-refractivity contribution in [3.63, 3.8) is 0 Å². The molecular weight excluding hydrogens is 388 g/mol. The molecule has 1 heteroatoms. The summed E-state index contributed by atoms with van der Waals surface area (Å²) in [6.07, 6.45) is 35.3. The molecule has 0 saturated heterocycles. The third-order valence-electron chi connectivity index (χ3n) is 8.84. The fourth-order valence-corrected chi connectivity index (χ4v) is 6.55.